The zero-order valence-corrected chi connectivity index (χ0v) is 15.3. The summed E-state index contributed by atoms with van der Waals surface area (Å²) in [5.41, 5.74) is 0.485. The molecule has 1 amide bonds. The van der Waals surface area contributed by atoms with Gasteiger partial charge in [0, 0.05) is 13.7 Å². The highest BCUT2D eigenvalue weighted by Gasteiger charge is 2.56. The molecule has 136 valence electrons. The fourth-order valence-corrected chi connectivity index (χ4v) is 6.37. The fraction of sp³-hybridized carbons (Fsp3) is 0.778. The molecule has 2 atom stereocenters. The maximum atomic E-state index is 13.2. The van der Waals surface area contributed by atoms with Crippen molar-refractivity contribution in [3.05, 3.63) is 15.4 Å². The van der Waals surface area contributed by atoms with Crippen molar-refractivity contribution in [2.45, 2.75) is 63.6 Å². The van der Waals surface area contributed by atoms with Gasteiger partial charge in [-0.3, -0.25) is 4.79 Å². The minimum Gasteiger partial charge on any atom is -0.383 e. The first-order valence-corrected chi connectivity index (χ1v) is 10.0. The Labute approximate surface area is 150 Å². The summed E-state index contributed by atoms with van der Waals surface area (Å²) in [7, 11) is 1.69. The van der Waals surface area contributed by atoms with Gasteiger partial charge in [-0.15, -0.1) is 0 Å². The third-order valence-corrected chi connectivity index (χ3v) is 7.25. The number of methoxy groups -OCH3 is 1. The Morgan fingerprint density at radius 3 is 2.84 bits per heavy atom. The molecule has 7 heteroatoms. The first kappa shape index (κ1) is 16.2. The summed E-state index contributed by atoms with van der Waals surface area (Å²) < 4.78 is 19.1. The Morgan fingerprint density at radius 1 is 1.32 bits per heavy atom. The number of rotatable bonds is 4. The van der Waals surface area contributed by atoms with Crippen LogP contribution in [0.25, 0.3) is 0 Å². The number of thiazole rings is 1. The molecule has 1 aromatic rings. The molecule has 6 rings (SSSR count). The van der Waals surface area contributed by atoms with Crippen LogP contribution in [-0.2, 0) is 38.8 Å². The van der Waals surface area contributed by atoms with Gasteiger partial charge in [-0.05, 0) is 43.9 Å². The second-order valence-corrected chi connectivity index (χ2v) is 8.95. The molecule has 6 nitrogen and oxygen atoms in total. The van der Waals surface area contributed by atoms with Crippen molar-refractivity contribution in [1.82, 2.24) is 4.57 Å². The molecule has 1 aromatic heterocycles. The first-order valence-electron chi connectivity index (χ1n) is 9.22. The van der Waals surface area contributed by atoms with Crippen LogP contribution in [0.15, 0.2) is 4.99 Å². The number of hydrogen-bond acceptors (Lipinski definition) is 5. The molecule has 2 saturated heterocycles. The second-order valence-electron chi connectivity index (χ2n) is 7.89. The maximum absolute atomic E-state index is 13.2. The molecule has 5 aliphatic rings. The van der Waals surface area contributed by atoms with Crippen molar-refractivity contribution < 1.29 is 19.0 Å². The summed E-state index contributed by atoms with van der Waals surface area (Å²) in [6.45, 7) is 2.50. The van der Waals surface area contributed by atoms with E-state index in [2.05, 4.69) is 9.56 Å². The van der Waals surface area contributed by atoms with Gasteiger partial charge >= 0.3 is 0 Å². The normalized spacial score (nSPS) is 36.2. The van der Waals surface area contributed by atoms with Crippen LogP contribution in [0.5, 0.6) is 0 Å². The molecule has 2 saturated carbocycles. The third-order valence-electron chi connectivity index (χ3n) is 6.16. The smallest absolute Gasteiger partial charge is 0.280 e. The lowest BCUT2D eigenvalue weighted by Gasteiger charge is -2.54. The van der Waals surface area contributed by atoms with Gasteiger partial charge in [0.25, 0.3) is 5.91 Å². The van der Waals surface area contributed by atoms with Crippen LogP contribution in [0.4, 0.5) is 0 Å². The van der Waals surface area contributed by atoms with Crippen molar-refractivity contribution in [3.8, 4) is 0 Å². The van der Waals surface area contributed by atoms with E-state index in [0.717, 1.165) is 36.2 Å². The lowest BCUT2D eigenvalue weighted by atomic mass is 9.62. The van der Waals surface area contributed by atoms with Gasteiger partial charge in [0.2, 0.25) is 0 Å². The molecule has 3 aliphatic heterocycles. The largest absolute Gasteiger partial charge is 0.383 e. The summed E-state index contributed by atoms with van der Waals surface area (Å²) in [6.07, 6.45) is 5.51. The number of fused-ring (bicyclic) bond motifs is 1. The van der Waals surface area contributed by atoms with E-state index in [1.54, 1.807) is 18.4 Å². The molecule has 4 heterocycles. The van der Waals surface area contributed by atoms with Crippen LogP contribution in [0, 0.1) is 11.8 Å². The first-order chi connectivity index (χ1) is 12.2. The van der Waals surface area contributed by atoms with Crippen molar-refractivity contribution in [1.29, 1.82) is 0 Å². The van der Waals surface area contributed by atoms with E-state index in [-0.39, 0.29) is 12.0 Å². The topological polar surface area (TPSA) is 62.1 Å². The van der Waals surface area contributed by atoms with E-state index in [1.807, 2.05) is 0 Å². The number of hydrogen-bond donors (Lipinski definition) is 0. The number of ether oxygens (including phenoxy) is 3. The van der Waals surface area contributed by atoms with Crippen LogP contribution < -0.4 is 4.80 Å². The molecule has 0 spiro atoms. The molecule has 25 heavy (non-hydrogen) atoms. The van der Waals surface area contributed by atoms with Crippen LogP contribution in [0.2, 0.25) is 0 Å². The standard InChI is InChI=1S/C18H24N2O4S/c1-22-3-2-20-14-9-23-10-15(14)25-17(20)19-16(21)18-7-11-4-12(8-18)6-13(5-11)24-18/h11-13H,2-10H2,1H3. The van der Waals surface area contributed by atoms with Crippen LogP contribution in [0.1, 0.15) is 42.7 Å². The highest BCUT2D eigenvalue weighted by atomic mass is 32.1. The molecule has 4 fully saturated rings. The molecular weight excluding hydrogens is 340 g/mol. The van der Waals surface area contributed by atoms with E-state index in [4.69, 9.17) is 14.2 Å². The van der Waals surface area contributed by atoms with Gasteiger partial charge < -0.3 is 18.8 Å². The van der Waals surface area contributed by atoms with Gasteiger partial charge in [-0.1, -0.05) is 11.3 Å². The average molecular weight is 364 g/mol. The van der Waals surface area contributed by atoms with E-state index in [9.17, 15) is 4.79 Å². The predicted octanol–water partition coefficient (Wildman–Crippen LogP) is 2.00. The lowest BCUT2D eigenvalue weighted by molar-refractivity contribution is -0.216. The molecule has 0 aromatic carbocycles. The highest BCUT2D eigenvalue weighted by molar-refractivity contribution is 7.09. The summed E-state index contributed by atoms with van der Waals surface area (Å²) in [5.74, 6) is 1.22. The maximum Gasteiger partial charge on any atom is 0.280 e. The van der Waals surface area contributed by atoms with Gasteiger partial charge in [-0.25, -0.2) is 0 Å². The van der Waals surface area contributed by atoms with Gasteiger partial charge in [0.05, 0.1) is 36.5 Å². The Balaban J connectivity index is 1.49. The summed E-state index contributed by atoms with van der Waals surface area (Å²) in [5, 5.41) is 0. The summed E-state index contributed by atoms with van der Waals surface area (Å²) in [6, 6.07) is 0. The summed E-state index contributed by atoms with van der Waals surface area (Å²) in [4.78, 5) is 19.7. The zero-order chi connectivity index (χ0) is 17.0. The molecule has 2 unspecified atom stereocenters. The Kier molecular flexibility index (Phi) is 3.89. The minimum atomic E-state index is -0.654. The number of nitrogens with zero attached hydrogens (tertiary/aromatic N) is 2. The molecular formula is C18H24N2O4S. The number of carbonyl (C=O) groups excluding carboxylic acids is 1. The molecule has 0 N–H and O–H groups in total. The third kappa shape index (κ3) is 2.63. The number of amides is 1. The van der Waals surface area contributed by atoms with E-state index < -0.39 is 5.60 Å². The SMILES string of the molecule is COCCn1c2c(sc1=NC(=O)C13CC4CC(CC(C4)O1)C3)COC2. The number of aromatic nitrogens is 1. The van der Waals surface area contributed by atoms with E-state index in [0.29, 0.717) is 38.2 Å². The van der Waals surface area contributed by atoms with Crippen LogP contribution in [-0.4, -0.2) is 35.9 Å². The van der Waals surface area contributed by atoms with Crippen LogP contribution in [0.3, 0.4) is 0 Å². The Morgan fingerprint density at radius 2 is 2.12 bits per heavy atom. The quantitative estimate of drug-likeness (QED) is 0.820. The average Bonchev–Trinajstić information content (AvgIpc) is 3.13. The van der Waals surface area contributed by atoms with Crippen molar-refractivity contribution in [3.63, 3.8) is 0 Å². The minimum absolute atomic E-state index is 0.0707. The van der Waals surface area contributed by atoms with Gasteiger partial charge in [0.1, 0.15) is 5.60 Å². The lowest BCUT2D eigenvalue weighted by Crippen LogP contribution is -2.58. The number of carbonyl (C=O) groups is 1. The van der Waals surface area contributed by atoms with Gasteiger partial charge in [-0.2, -0.15) is 4.99 Å². The van der Waals surface area contributed by atoms with Crippen molar-refractivity contribution >= 4 is 17.2 Å². The molecule has 2 aliphatic carbocycles. The van der Waals surface area contributed by atoms with E-state index in [1.165, 1.54) is 11.3 Å². The van der Waals surface area contributed by atoms with Gasteiger partial charge in [0.15, 0.2) is 4.80 Å². The predicted molar refractivity (Wildman–Crippen MR) is 90.9 cm³/mol. The van der Waals surface area contributed by atoms with Crippen molar-refractivity contribution in [2.75, 3.05) is 13.7 Å². The fourth-order valence-electron chi connectivity index (χ4n) is 5.28. The summed E-state index contributed by atoms with van der Waals surface area (Å²) >= 11 is 1.57. The highest BCUT2D eigenvalue weighted by Crippen LogP contribution is 2.53. The molecule has 4 bridgehead atoms. The Bertz CT molecular complexity index is 730. The van der Waals surface area contributed by atoms with Crippen LogP contribution >= 0.6 is 11.3 Å². The van der Waals surface area contributed by atoms with E-state index >= 15 is 0 Å². The van der Waals surface area contributed by atoms with Crippen molar-refractivity contribution in [2.24, 2.45) is 16.8 Å². The second kappa shape index (κ2) is 6.01. The zero-order valence-electron chi connectivity index (χ0n) is 14.5. The Hall–Kier alpha value is -1.02. The monoisotopic (exact) mass is 364 g/mol. The molecule has 0 radical (unpaired) electrons.